The topological polar surface area (TPSA) is 74.6 Å². The molecule has 0 aliphatic rings. The summed E-state index contributed by atoms with van der Waals surface area (Å²) in [6.45, 7) is 4.51. The maximum atomic E-state index is 12.6. The number of hydrogen-bond acceptors (Lipinski definition) is 4. The molecule has 2 unspecified atom stereocenters. The van der Waals surface area contributed by atoms with Crippen LogP contribution >= 0.6 is 0 Å². The number of nitrogens with zero attached hydrogens (tertiary/aromatic N) is 1. The van der Waals surface area contributed by atoms with E-state index in [1.165, 1.54) is 153 Å². The molecule has 0 aromatic heterocycles. The lowest BCUT2D eigenvalue weighted by Gasteiger charge is -2.29. The molecule has 2 N–H and O–H groups in total. The summed E-state index contributed by atoms with van der Waals surface area (Å²) in [6.07, 6.45) is 37.5. The Labute approximate surface area is 291 Å². The van der Waals surface area contributed by atoms with Gasteiger partial charge in [-0.3, -0.25) is 9.59 Å². The molecule has 0 amide bonds. The van der Waals surface area contributed by atoms with Gasteiger partial charge >= 0.3 is 0 Å². The average molecular weight is 659 g/mol. The number of quaternary nitrogens is 1. The third-order valence-electron chi connectivity index (χ3n) is 8.98. The Balaban J connectivity index is 4.04. The van der Waals surface area contributed by atoms with Crippen LogP contribution in [-0.2, 0) is 9.59 Å². The molecule has 0 aromatic rings. The molecule has 2 atom stereocenters. The minimum atomic E-state index is -1.24. The minimum absolute atomic E-state index is 0.00490. The van der Waals surface area contributed by atoms with Gasteiger partial charge in [0, 0.05) is 0 Å². The van der Waals surface area contributed by atoms with Gasteiger partial charge in [-0.05, 0) is 50.0 Å². The number of unbranched alkanes of at least 4 members (excludes halogenated alkanes) is 24. The lowest BCUT2D eigenvalue weighted by atomic mass is 10.0. The number of hydrogen-bond donors (Lipinski definition) is 2. The van der Waals surface area contributed by atoms with Crippen molar-refractivity contribution in [1.29, 1.82) is 0 Å². The van der Waals surface area contributed by atoms with Crippen molar-refractivity contribution in [3.05, 3.63) is 35.8 Å². The zero-order valence-corrected chi connectivity index (χ0v) is 31.4. The highest BCUT2D eigenvalue weighted by Gasteiger charge is 2.28. The maximum Gasteiger partial charge on any atom is 0.219 e. The van der Waals surface area contributed by atoms with Crippen LogP contribution in [0.3, 0.4) is 0 Å². The molecule has 5 nitrogen and oxygen atoms in total. The monoisotopic (exact) mass is 659 g/mol. The summed E-state index contributed by atoms with van der Waals surface area (Å²) >= 11 is 0. The SMILES string of the molecule is CCCCCCCCCCCCCCC=C=CC(O)C(=O)C[N+](C)(C)CC(=O)C(O)C=C=CCCCCCCCCCCCCCC. The second kappa shape index (κ2) is 32.8. The Morgan fingerprint density at radius 2 is 0.745 bits per heavy atom. The van der Waals surface area contributed by atoms with Crippen LogP contribution in [0, 0.1) is 0 Å². The first kappa shape index (κ1) is 45.3. The third-order valence-corrected chi connectivity index (χ3v) is 8.98. The highest BCUT2D eigenvalue weighted by molar-refractivity contribution is 5.87. The van der Waals surface area contributed by atoms with Crippen LogP contribution in [0.15, 0.2) is 35.8 Å². The van der Waals surface area contributed by atoms with E-state index in [4.69, 9.17) is 0 Å². The van der Waals surface area contributed by atoms with Crippen LogP contribution in [-0.4, -0.2) is 65.7 Å². The summed E-state index contributed by atoms with van der Waals surface area (Å²) in [5.41, 5.74) is 5.92. The van der Waals surface area contributed by atoms with Gasteiger partial charge in [0.1, 0.15) is 25.3 Å². The fourth-order valence-corrected chi connectivity index (χ4v) is 5.93. The predicted molar refractivity (Wildman–Crippen MR) is 201 cm³/mol. The van der Waals surface area contributed by atoms with Crippen LogP contribution in [0.25, 0.3) is 0 Å². The molecular weight excluding hydrogens is 582 g/mol. The summed E-state index contributed by atoms with van der Waals surface area (Å²) in [4.78, 5) is 25.1. The number of likely N-dealkylation sites (N-methyl/N-ethyl adjacent to an activating group) is 1. The third kappa shape index (κ3) is 31.3. The summed E-state index contributed by atoms with van der Waals surface area (Å²) in [5, 5.41) is 20.6. The van der Waals surface area contributed by atoms with Gasteiger partial charge in [-0.2, -0.15) is 0 Å². The normalized spacial score (nSPS) is 12.6. The fraction of sp³-hybridized carbons (Fsp3) is 0.810. The van der Waals surface area contributed by atoms with Crippen LogP contribution in [0.2, 0.25) is 0 Å². The fourth-order valence-electron chi connectivity index (χ4n) is 5.93. The molecule has 0 radical (unpaired) electrons. The largest absolute Gasteiger partial charge is 0.380 e. The molecular formula is C42H76NO4+. The Bertz CT molecular complexity index is 809. The van der Waals surface area contributed by atoms with E-state index >= 15 is 0 Å². The van der Waals surface area contributed by atoms with Gasteiger partial charge < -0.3 is 14.7 Å². The molecule has 0 rings (SSSR count). The molecule has 47 heavy (non-hydrogen) atoms. The molecule has 0 saturated carbocycles. The summed E-state index contributed by atoms with van der Waals surface area (Å²) in [6, 6.07) is 0. The van der Waals surface area contributed by atoms with Gasteiger partial charge in [-0.25, -0.2) is 0 Å². The Hall–Kier alpha value is -1.74. The van der Waals surface area contributed by atoms with Crippen molar-refractivity contribution in [3.63, 3.8) is 0 Å². The molecule has 5 heteroatoms. The highest BCUT2D eigenvalue weighted by atomic mass is 16.3. The number of ketones is 2. The smallest absolute Gasteiger partial charge is 0.219 e. The number of aliphatic hydroxyl groups is 2. The number of carbonyl (C=O) groups is 2. The first-order chi connectivity index (χ1) is 22.7. The number of carbonyl (C=O) groups excluding carboxylic acids is 2. The van der Waals surface area contributed by atoms with Gasteiger partial charge in [0.05, 0.1) is 14.1 Å². The summed E-state index contributed by atoms with van der Waals surface area (Å²) in [7, 11) is 3.52. The van der Waals surface area contributed by atoms with E-state index in [0.29, 0.717) is 0 Å². The standard InChI is InChI=1S/C42H76NO4/c1-5-7-9-11-13-15-17-19-21-23-25-27-29-31-33-35-39(44)41(46)37-43(3,4)38-42(47)40(45)36-34-32-30-28-26-24-22-20-18-16-14-12-10-8-6-2/h31-32,35-36,39-40,44-45H,5-30,37-38H2,1-4H3/q+1. The van der Waals surface area contributed by atoms with Crippen molar-refractivity contribution in [2.24, 2.45) is 0 Å². The number of rotatable bonds is 34. The van der Waals surface area contributed by atoms with E-state index in [0.717, 1.165) is 25.7 Å². The van der Waals surface area contributed by atoms with Crippen LogP contribution < -0.4 is 0 Å². The first-order valence-corrected chi connectivity index (χ1v) is 19.8. The van der Waals surface area contributed by atoms with Crippen molar-refractivity contribution in [3.8, 4) is 0 Å². The molecule has 0 heterocycles. The van der Waals surface area contributed by atoms with Crippen LogP contribution in [0.4, 0.5) is 0 Å². The minimum Gasteiger partial charge on any atom is -0.380 e. The second-order valence-electron chi connectivity index (χ2n) is 14.5. The quantitative estimate of drug-likeness (QED) is 0.0410. The van der Waals surface area contributed by atoms with Gasteiger partial charge in [-0.15, -0.1) is 11.5 Å². The maximum absolute atomic E-state index is 12.6. The summed E-state index contributed by atoms with van der Waals surface area (Å²) in [5.74, 6) is -0.720. The van der Waals surface area contributed by atoms with E-state index in [1.54, 1.807) is 14.1 Å². The number of aliphatic hydroxyl groups excluding tert-OH is 2. The molecule has 0 spiro atoms. The van der Waals surface area contributed by atoms with E-state index in [9.17, 15) is 19.8 Å². The Morgan fingerprint density at radius 1 is 0.489 bits per heavy atom. The predicted octanol–water partition coefficient (Wildman–Crippen LogP) is 10.5. The molecule has 0 aliphatic carbocycles. The van der Waals surface area contributed by atoms with Crippen molar-refractivity contribution in [2.45, 2.75) is 193 Å². The lowest BCUT2D eigenvalue weighted by Crippen LogP contribution is -2.50. The van der Waals surface area contributed by atoms with Crippen LogP contribution in [0.5, 0.6) is 0 Å². The van der Waals surface area contributed by atoms with Crippen molar-refractivity contribution >= 4 is 11.6 Å². The van der Waals surface area contributed by atoms with Gasteiger partial charge in [0.15, 0.2) is 0 Å². The lowest BCUT2D eigenvalue weighted by molar-refractivity contribution is -0.874. The Kier molecular flexibility index (Phi) is 31.6. The van der Waals surface area contributed by atoms with Gasteiger partial charge in [0.2, 0.25) is 11.6 Å². The zero-order chi connectivity index (χ0) is 34.9. The average Bonchev–Trinajstić information content (AvgIpc) is 3.03. The van der Waals surface area contributed by atoms with Crippen molar-refractivity contribution in [1.82, 2.24) is 0 Å². The van der Waals surface area contributed by atoms with E-state index in [-0.39, 0.29) is 29.1 Å². The Morgan fingerprint density at radius 3 is 1.02 bits per heavy atom. The van der Waals surface area contributed by atoms with Crippen molar-refractivity contribution < 1.29 is 24.3 Å². The van der Waals surface area contributed by atoms with Gasteiger partial charge in [0.25, 0.3) is 0 Å². The van der Waals surface area contributed by atoms with Crippen LogP contribution in [0.1, 0.15) is 181 Å². The van der Waals surface area contributed by atoms with E-state index in [2.05, 4.69) is 25.3 Å². The molecule has 0 aromatic carbocycles. The highest BCUT2D eigenvalue weighted by Crippen LogP contribution is 2.14. The van der Waals surface area contributed by atoms with Gasteiger partial charge in [-0.1, -0.05) is 155 Å². The summed E-state index contributed by atoms with van der Waals surface area (Å²) < 4.78 is 0.0681. The molecule has 0 saturated heterocycles. The van der Waals surface area contributed by atoms with E-state index < -0.39 is 12.2 Å². The second-order valence-corrected chi connectivity index (χ2v) is 14.5. The molecule has 0 aliphatic heterocycles. The zero-order valence-electron chi connectivity index (χ0n) is 31.4. The van der Waals surface area contributed by atoms with Crippen molar-refractivity contribution in [2.75, 3.05) is 27.2 Å². The molecule has 272 valence electrons. The van der Waals surface area contributed by atoms with E-state index in [1.807, 2.05) is 12.2 Å². The molecule has 0 fully saturated rings. The first-order valence-electron chi connectivity index (χ1n) is 19.8. The number of Topliss-reactive ketones (excluding diaryl/α,β-unsaturated/α-hetero) is 2. The molecule has 0 bridgehead atoms.